The van der Waals surface area contributed by atoms with E-state index in [9.17, 15) is 9.59 Å². The quantitative estimate of drug-likeness (QED) is 0.441. The van der Waals surface area contributed by atoms with E-state index in [2.05, 4.69) is 15.1 Å². The molecule has 1 saturated heterocycles. The van der Waals surface area contributed by atoms with Crippen molar-refractivity contribution in [2.24, 2.45) is 0 Å². The third-order valence-electron chi connectivity index (χ3n) is 6.44. The Labute approximate surface area is 202 Å². The predicted octanol–water partition coefficient (Wildman–Crippen LogP) is 3.42. The number of para-hydroxylation sites is 1. The predicted molar refractivity (Wildman–Crippen MR) is 131 cm³/mol. The number of carbonyl (C=O) groups excluding carboxylic acids is 1. The van der Waals surface area contributed by atoms with Gasteiger partial charge >= 0.3 is 0 Å². The minimum absolute atomic E-state index is 0.0182. The van der Waals surface area contributed by atoms with Crippen LogP contribution < -0.4 is 15.0 Å². The Hall–Kier alpha value is -4.14. The third-order valence-corrected chi connectivity index (χ3v) is 6.44. The maximum atomic E-state index is 13.2. The van der Waals surface area contributed by atoms with Gasteiger partial charge in [-0.2, -0.15) is 5.10 Å². The van der Waals surface area contributed by atoms with Crippen molar-refractivity contribution in [3.63, 3.8) is 0 Å². The molecule has 0 unspecified atom stereocenters. The number of ether oxygens (including phenoxy) is 2. The number of benzene rings is 2. The number of likely N-dealkylation sites (tertiary alicyclic amines) is 1. The van der Waals surface area contributed by atoms with Crippen molar-refractivity contribution in [1.29, 1.82) is 0 Å². The van der Waals surface area contributed by atoms with Gasteiger partial charge < -0.3 is 19.4 Å². The zero-order chi connectivity index (χ0) is 24.4. The van der Waals surface area contributed by atoms with Crippen LogP contribution >= 0.6 is 0 Å². The first-order valence-electron chi connectivity index (χ1n) is 11.6. The number of aromatic nitrogens is 4. The molecule has 1 N–H and O–H groups in total. The zero-order valence-corrected chi connectivity index (χ0v) is 19.7. The van der Waals surface area contributed by atoms with Crippen molar-refractivity contribution in [3.05, 3.63) is 76.5 Å². The third kappa shape index (κ3) is 4.37. The van der Waals surface area contributed by atoms with Crippen LogP contribution in [0.15, 0.2) is 59.5 Å². The molecular weight excluding hydrogens is 446 g/mol. The second kappa shape index (κ2) is 9.61. The lowest BCUT2D eigenvalue weighted by atomic mass is 10.0. The van der Waals surface area contributed by atoms with Gasteiger partial charge in [0.2, 0.25) is 5.91 Å². The van der Waals surface area contributed by atoms with Crippen LogP contribution in [0.5, 0.6) is 11.5 Å². The van der Waals surface area contributed by atoms with Gasteiger partial charge in [0.05, 0.1) is 32.1 Å². The molecule has 1 fully saturated rings. The van der Waals surface area contributed by atoms with E-state index in [1.807, 2.05) is 53.4 Å². The van der Waals surface area contributed by atoms with E-state index in [-0.39, 0.29) is 23.9 Å². The summed E-state index contributed by atoms with van der Waals surface area (Å²) < 4.78 is 12.5. The Morgan fingerprint density at radius 3 is 2.74 bits per heavy atom. The van der Waals surface area contributed by atoms with E-state index in [0.29, 0.717) is 41.3 Å². The molecule has 1 aliphatic rings. The number of aryl methyl sites for hydroxylation is 1. The van der Waals surface area contributed by atoms with Crippen molar-refractivity contribution in [2.75, 3.05) is 20.8 Å². The smallest absolute Gasteiger partial charge is 0.262 e. The first-order valence-corrected chi connectivity index (χ1v) is 11.6. The Balaban J connectivity index is 1.35. The summed E-state index contributed by atoms with van der Waals surface area (Å²) in [5.74, 6) is 1.90. The molecule has 1 aliphatic heterocycles. The molecular formula is C26H27N5O4. The van der Waals surface area contributed by atoms with Gasteiger partial charge in [0, 0.05) is 31.0 Å². The molecule has 1 amide bonds. The summed E-state index contributed by atoms with van der Waals surface area (Å²) in [6, 6.07) is 15.2. The normalized spacial score (nSPS) is 15.5. The lowest BCUT2D eigenvalue weighted by Crippen LogP contribution is -2.31. The molecule has 0 saturated carbocycles. The van der Waals surface area contributed by atoms with Gasteiger partial charge in [0.25, 0.3) is 5.56 Å². The van der Waals surface area contributed by atoms with E-state index in [1.54, 1.807) is 18.9 Å². The number of H-pyrrole nitrogens is 1. The molecule has 0 radical (unpaired) electrons. The number of hydrogen-bond donors (Lipinski definition) is 1. The average molecular weight is 474 g/mol. The summed E-state index contributed by atoms with van der Waals surface area (Å²) in [6.07, 6.45) is 3.87. The Morgan fingerprint density at radius 2 is 1.97 bits per heavy atom. The highest BCUT2D eigenvalue weighted by molar-refractivity contribution is 5.78. The van der Waals surface area contributed by atoms with Crippen LogP contribution in [0.4, 0.5) is 0 Å². The first kappa shape index (κ1) is 22.6. The highest BCUT2D eigenvalue weighted by Gasteiger charge is 2.31. The summed E-state index contributed by atoms with van der Waals surface area (Å²) in [7, 11) is 3.24. The van der Waals surface area contributed by atoms with Crippen LogP contribution in [0.1, 0.15) is 36.7 Å². The lowest BCUT2D eigenvalue weighted by molar-refractivity contribution is -0.132. The molecule has 2 aromatic heterocycles. The fourth-order valence-electron chi connectivity index (χ4n) is 4.69. The van der Waals surface area contributed by atoms with Crippen LogP contribution in [-0.4, -0.2) is 51.3 Å². The molecule has 0 aliphatic carbocycles. The number of nitrogens with one attached hydrogen (secondary N) is 1. The highest BCUT2D eigenvalue weighted by atomic mass is 16.5. The van der Waals surface area contributed by atoms with Crippen LogP contribution in [-0.2, 0) is 11.2 Å². The zero-order valence-electron chi connectivity index (χ0n) is 19.7. The highest BCUT2D eigenvalue weighted by Crippen LogP contribution is 2.39. The number of nitrogens with zero attached hydrogens (tertiary/aromatic N) is 4. The van der Waals surface area contributed by atoms with Crippen molar-refractivity contribution in [3.8, 4) is 17.2 Å². The molecule has 4 aromatic rings. The first-order chi connectivity index (χ1) is 17.1. The topological polar surface area (TPSA) is 102 Å². The minimum Gasteiger partial charge on any atom is -0.497 e. The minimum atomic E-state index is -0.262. The number of amides is 1. The fraction of sp³-hybridized carbons (Fsp3) is 0.308. The van der Waals surface area contributed by atoms with Crippen molar-refractivity contribution >= 4 is 16.9 Å². The second-order valence-electron chi connectivity index (χ2n) is 8.49. The van der Waals surface area contributed by atoms with Gasteiger partial charge in [-0.3, -0.25) is 9.59 Å². The second-order valence-corrected chi connectivity index (χ2v) is 8.49. The van der Waals surface area contributed by atoms with Gasteiger partial charge in [-0.05, 0) is 37.1 Å². The molecule has 180 valence electrons. The monoisotopic (exact) mass is 473 g/mol. The Bertz CT molecular complexity index is 1410. The largest absolute Gasteiger partial charge is 0.497 e. The molecule has 0 bridgehead atoms. The van der Waals surface area contributed by atoms with Crippen LogP contribution in [0.2, 0.25) is 0 Å². The number of methoxy groups -OCH3 is 2. The summed E-state index contributed by atoms with van der Waals surface area (Å²) >= 11 is 0. The van der Waals surface area contributed by atoms with Gasteiger partial charge in [-0.25, -0.2) is 9.67 Å². The van der Waals surface area contributed by atoms with Gasteiger partial charge in [-0.1, -0.05) is 18.2 Å². The van der Waals surface area contributed by atoms with Crippen molar-refractivity contribution in [1.82, 2.24) is 24.6 Å². The maximum Gasteiger partial charge on any atom is 0.262 e. The van der Waals surface area contributed by atoms with Crippen molar-refractivity contribution in [2.45, 2.75) is 31.7 Å². The molecule has 9 heteroatoms. The number of carbonyl (C=O) groups is 1. The van der Waals surface area contributed by atoms with E-state index < -0.39 is 0 Å². The molecule has 35 heavy (non-hydrogen) atoms. The summed E-state index contributed by atoms with van der Waals surface area (Å²) in [4.78, 5) is 35.2. The summed E-state index contributed by atoms with van der Waals surface area (Å²) in [5, 5.41) is 4.75. The van der Waals surface area contributed by atoms with Crippen LogP contribution in [0, 0.1) is 0 Å². The molecule has 5 rings (SSSR count). The number of aromatic amines is 1. The Kier molecular flexibility index (Phi) is 6.22. The van der Waals surface area contributed by atoms with Gasteiger partial charge in [-0.15, -0.1) is 0 Å². The molecule has 1 atom stereocenters. The summed E-state index contributed by atoms with van der Waals surface area (Å²) in [6.45, 7) is 0.683. The Morgan fingerprint density at radius 1 is 1.14 bits per heavy atom. The standard InChI is InChI=1S/C26H27N5O4/c1-34-18-10-11-19(22(15-18)35-2)21-9-6-14-30(21)24(32)13-12-23-28-25-20(26(33)29-23)16-27-31(25)17-7-4-3-5-8-17/h3-5,7-8,10-11,15-16,21H,6,9,12-14H2,1-2H3,(H,28,29,33)/t21-/m1/s1. The molecule has 9 nitrogen and oxygen atoms in total. The van der Waals surface area contributed by atoms with E-state index in [4.69, 9.17) is 9.47 Å². The molecule has 3 heterocycles. The van der Waals surface area contributed by atoms with Crippen molar-refractivity contribution < 1.29 is 14.3 Å². The summed E-state index contributed by atoms with van der Waals surface area (Å²) in [5.41, 5.74) is 2.00. The number of rotatable bonds is 7. The average Bonchev–Trinajstić information content (AvgIpc) is 3.55. The SMILES string of the molecule is COc1ccc([C@H]2CCCN2C(=O)CCc2nc3c(cnn3-c3ccccc3)c(=O)[nH]2)c(OC)c1. The van der Waals surface area contributed by atoms with Crippen LogP contribution in [0.25, 0.3) is 16.7 Å². The van der Waals surface area contributed by atoms with E-state index in [0.717, 1.165) is 24.1 Å². The maximum absolute atomic E-state index is 13.2. The number of hydrogen-bond acceptors (Lipinski definition) is 6. The molecule has 2 aromatic carbocycles. The van der Waals surface area contributed by atoms with Crippen LogP contribution in [0.3, 0.4) is 0 Å². The fourth-order valence-corrected chi connectivity index (χ4v) is 4.69. The van der Waals surface area contributed by atoms with E-state index >= 15 is 0 Å². The van der Waals surface area contributed by atoms with Gasteiger partial charge in [0.1, 0.15) is 22.7 Å². The lowest BCUT2D eigenvalue weighted by Gasteiger charge is -2.26. The number of fused-ring (bicyclic) bond motifs is 1. The molecule has 0 spiro atoms. The van der Waals surface area contributed by atoms with Gasteiger partial charge in [0.15, 0.2) is 5.65 Å². The van der Waals surface area contributed by atoms with E-state index in [1.165, 1.54) is 6.20 Å².